The van der Waals surface area contributed by atoms with E-state index >= 15 is 0 Å². The predicted octanol–water partition coefficient (Wildman–Crippen LogP) is 1.45. The van der Waals surface area contributed by atoms with E-state index in [2.05, 4.69) is 24.3 Å². The predicted molar refractivity (Wildman–Crippen MR) is 52.6 cm³/mol. The van der Waals surface area contributed by atoms with E-state index in [9.17, 15) is 9.59 Å². The summed E-state index contributed by atoms with van der Waals surface area (Å²) in [6.45, 7) is 0. The molecule has 3 rings (SSSR count). The Morgan fingerprint density at radius 2 is 1.40 bits per heavy atom. The van der Waals surface area contributed by atoms with Crippen LogP contribution >= 0.6 is 0 Å². The zero-order chi connectivity index (χ0) is 10.4. The maximum Gasteiger partial charge on any atom is 0.318 e. The maximum absolute atomic E-state index is 11.6. The third kappa shape index (κ3) is 1.19. The molecule has 3 nitrogen and oxygen atoms in total. The van der Waals surface area contributed by atoms with Crippen molar-refractivity contribution in [1.82, 2.24) is 0 Å². The summed E-state index contributed by atoms with van der Waals surface area (Å²) >= 11 is 0. The second kappa shape index (κ2) is 3.05. The molecule has 3 aliphatic rings. The highest BCUT2D eigenvalue weighted by molar-refractivity contribution is 5.97. The molecule has 0 aromatic heterocycles. The summed E-state index contributed by atoms with van der Waals surface area (Å²) in [6, 6.07) is 0. The summed E-state index contributed by atoms with van der Waals surface area (Å²) in [5.41, 5.74) is 0. The summed E-state index contributed by atoms with van der Waals surface area (Å²) in [4.78, 5) is 23.1. The zero-order valence-electron chi connectivity index (χ0n) is 8.26. The average Bonchev–Trinajstić information content (AvgIpc) is 2.43. The van der Waals surface area contributed by atoms with Crippen LogP contribution in [0.3, 0.4) is 0 Å². The van der Waals surface area contributed by atoms with E-state index in [1.165, 1.54) is 0 Å². The molecule has 0 amide bonds. The van der Waals surface area contributed by atoms with E-state index in [4.69, 9.17) is 4.74 Å². The van der Waals surface area contributed by atoms with Gasteiger partial charge in [-0.1, -0.05) is 24.3 Å². The minimum absolute atomic E-state index is 0.154. The lowest BCUT2D eigenvalue weighted by molar-refractivity contribution is -0.154. The van der Waals surface area contributed by atoms with Crippen LogP contribution in [-0.2, 0) is 14.3 Å². The van der Waals surface area contributed by atoms with Gasteiger partial charge in [-0.25, -0.2) is 0 Å². The van der Waals surface area contributed by atoms with Crippen LogP contribution in [0, 0.1) is 23.7 Å². The Morgan fingerprint density at radius 1 is 0.933 bits per heavy atom. The number of ether oxygens (including phenoxy) is 1. The van der Waals surface area contributed by atoms with Gasteiger partial charge >= 0.3 is 11.9 Å². The third-order valence-corrected chi connectivity index (χ3v) is 3.64. The second-order valence-electron chi connectivity index (χ2n) is 4.45. The molecule has 4 atom stereocenters. The van der Waals surface area contributed by atoms with E-state index in [0.29, 0.717) is 0 Å². The van der Waals surface area contributed by atoms with Crippen LogP contribution in [0.2, 0.25) is 0 Å². The number of hydrogen-bond acceptors (Lipinski definition) is 3. The van der Waals surface area contributed by atoms with Crippen molar-refractivity contribution in [2.45, 2.75) is 12.8 Å². The molecule has 0 N–H and O–H groups in total. The summed E-state index contributed by atoms with van der Waals surface area (Å²) < 4.78 is 4.75. The van der Waals surface area contributed by atoms with Crippen LogP contribution in [0.4, 0.5) is 0 Å². The molecule has 78 valence electrons. The Bertz CT molecular complexity index is 346. The van der Waals surface area contributed by atoms with Crippen molar-refractivity contribution in [3.05, 3.63) is 24.3 Å². The van der Waals surface area contributed by atoms with E-state index in [0.717, 1.165) is 12.8 Å². The second-order valence-corrected chi connectivity index (χ2v) is 4.45. The van der Waals surface area contributed by atoms with Crippen molar-refractivity contribution in [3.63, 3.8) is 0 Å². The molecule has 1 fully saturated rings. The summed E-state index contributed by atoms with van der Waals surface area (Å²) in [5.74, 6) is -0.780. The lowest BCUT2D eigenvalue weighted by Crippen LogP contribution is -2.34. The molecule has 0 aromatic carbocycles. The van der Waals surface area contributed by atoms with Crippen LogP contribution in [0.1, 0.15) is 12.8 Å². The molecule has 0 spiro atoms. The summed E-state index contributed by atoms with van der Waals surface area (Å²) in [7, 11) is 0. The molecular weight excluding hydrogens is 192 g/mol. The summed E-state index contributed by atoms with van der Waals surface area (Å²) in [6.07, 6.45) is 10.0. The van der Waals surface area contributed by atoms with E-state index in [1.807, 2.05) is 0 Å². The van der Waals surface area contributed by atoms with Gasteiger partial charge < -0.3 is 4.74 Å². The van der Waals surface area contributed by atoms with Gasteiger partial charge in [-0.15, -0.1) is 0 Å². The van der Waals surface area contributed by atoms with Gasteiger partial charge in [0, 0.05) is 0 Å². The van der Waals surface area contributed by atoms with Gasteiger partial charge in [0.1, 0.15) is 0 Å². The molecule has 15 heavy (non-hydrogen) atoms. The standard InChI is InChI=1S/C12H12O3/c13-11-9-7-3-1-2-4-8(6-5-7)10(9)12(14)15-11/h1-2,5-10H,3-4H2/b2-1-. The lowest BCUT2D eigenvalue weighted by atomic mass is 9.68. The highest BCUT2D eigenvalue weighted by Crippen LogP contribution is 2.44. The minimum atomic E-state index is -0.320. The molecule has 0 saturated carbocycles. The molecule has 2 bridgehead atoms. The summed E-state index contributed by atoms with van der Waals surface area (Å²) in [5, 5.41) is 0. The van der Waals surface area contributed by atoms with Gasteiger partial charge in [0.05, 0.1) is 11.8 Å². The number of cyclic esters (lactones) is 2. The molecule has 1 heterocycles. The Morgan fingerprint density at radius 3 is 1.87 bits per heavy atom. The quantitative estimate of drug-likeness (QED) is 0.341. The van der Waals surface area contributed by atoms with Gasteiger partial charge in [-0.3, -0.25) is 9.59 Å². The molecule has 4 unspecified atom stereocenters. The van der Waals surface area contributed by atoms with Gasteiger partial charge in [-0.05, 0) is 24.7 Å². The zero-order valence-corrected chi connectivity index (χ0v) is 8.26. The Balaban J connectivity index is 2.06. The van der Waals surface area contributed by atoms with E-state index in [1.54, 1.807) is 0 Å². The lowest BCUT2D eigenvalue weighted by Gasteiger charge is -2.31. The first-order chi connectivity index (χ1) is 7.27. The fraction of sp³-hybridized carbons (Fsp3) is 0.500. The van der Waals surface area contributed by atoms with Gasteiger partial charge in [-0.2, -0.15) is 0 Å². The fourth-order valence-corrected chi connectivity index (χ4v) is 2.89. The van der Waals surface area contributed by atoms with Crippen molar-refractivity contribution < 1.29 is 14.3 Å². The Labute approximate surface area is 87.8 Å². The number of allylic oxidation sites excluding steroid dienone is 4. The highest BCUT2D eigenvalue weighted by atomic mass is 16.6. The van der Waals surface area contributed by atoms with Crippen molar-refractivity contribution >= 4 is 11.9 Å². The first kappa shape index (κ1) is 8.89. The number of esters is 2. The van der Waals surface area contributed by atoms with Crippen LogP contribution in [-0.4, -0.2) is 11.9 Å². The normalized spacial score (nSPS) is 44.5. The monoisotopic (exact) mass is 204 g/mol. The van der Waals surface area contributed by atoms with Crippen molar-refractivity contribution in [1.29, 1.82) is 0 Å². The highest BCUT2D eigenvalue weighted by Gasteiger charge is 2.52. The molecular formula is C12H12O3. The Kier molecular flexibility index (Phi) is 1.81. The number of hydrogen-bond donors (Lipinski definition) is 0. The number of fused-ring (bicyclic) bond motifs is 5. The van der Waals surface area contributed by atoms with E-state index < -0.39 is 0 Å². The van der Waals surface area contributed by atoms with Crippen LogP contribution in [0.25, 0.3) is 0 Å². The molecule has 1 saturated heterocycles. The van der Waals surface area contributed by atoms with Crippen molar-refractivity contribution in [3.8, 4) is 0 Å². The van der Waals surface area contributed by atoms with Crippen LogP contribution < -0.4 is 0 Å². The molecule has 2 aliphatic carbocycles. The smallest absolute Gasteiger partial charge is 0.318 e. The Hall–Kier alpha value is -1.38. The molecule has 1 aliphatic heterocycles. The first-order valence-corrected chi connectivity index (χ1v) is 5.36. The van der Waals surface area contributed by atoms with Gasteiger partial charge in [0.15, 0.2) is 0 Å². The average molecular weight is 204 g/mol. The third-order valence-electron chi connectivity index (χ3n) is 3.64. The largest absolute Gasteiger partial charge is 0.393 e. The first-order valence-electron chi connectivity index (χ1n) is 5.36. The maximum atomic E-state index is 11.6. The van der Waals surface area contributed by atoms with Crippen LogP contribution in [0.5, 0.6) is 0 Å². The SMILES string of the molecule is O=C1OC(=O)C2C3C=CC(C/C=C\C3)C12. The minimum Gasteiger partial charge on any atom is -0.393 e. The van der Waals surface area contributed by atoms with E-state index in [-0.39, 0.29) is 35.6 Å². The molecule has 0 aromatic rings. The number of rotatable bonds is 0. The van der Waals surface area contributed by atoms with Gasteiger partial charge in [0.25, 0.3) is 0 Å². The molecule has 3 heteroatoms. The fourth-order valence-electron chi connectivity index (χ4n) is 2.89. The molecule has 0 radical (unpaired) electrons. The van der Waals surface area contributed by atoms with Crippen molar-refractivity contribution in [2.24, 2.45) is 23.7 Å². The van der Waals surface area contributed by atoms with Crippen LogP contribution in [0.15, 0.2) is 24.3 Å². The number of carbonyl (C=O) groups is 2. The number of carbonyl (C=O) groups excluding carboxylic acids is 2. The topological polar surface area (TPSA) is 43.4 Å². The van der Waals surface area contributed by atoms with Crippen molar-refractivity contribution in [2.75, 3.05) is 0 Å². The van der Waals surface area contributed by atoms with Gasteiger partial charge in [0.2, 0.25) is 0 Å².